The molecule has 24 heavy (non-hydrogen) atoms. The Morgan fingerprint density at radius 1 is 1.08 bits per heavy atom. The van der Waals surface area contributed by atoms with Crippen molar-refractivity contribution in [2.75, 3.05) is 51.3 Å². The van der Waals surface area contributed by atoms with E-state index in [0.29, 0.717) is 19.3 Å². The monoisotopic (exact) mass is 334 g/mol. The molecule has 0 spiro atoms. The average Bonchev–Trinajstić information content (AvgIpc) is 3.14. The van der Waals surface area contributed by atoms with Gasteiger partial charge >= 0.3 is 0 Å². The van der Waals surface area contributed by atoms with Gasteiger partial charge in [-0.25, -0.2) is 0 Å². The first kappa shape index (κ1) is 17.5. The van der Waals surface area contributed by atoms with Gasteiger partial charge in [0, 0.05) is 38.4 Å². The fourth-order valence-corrected chi connectivity index (χ4v) is 3.63. The molecule has 0 amide bonds. The van der Waals surface area contributed by atoms with Crippen LogP contribution < -0.4 is 9.64 Å². The van der Waals surface area contributed by atoms with Crippen LogP contribution in [0.3, 0.4) is 0 Å². The van der Waals surface area contributed by atoms with Crippen molar-refractivity contribution < 1.29 is 14.6 Å². The third kappa shape index (κ3) is 4.85. The molecule has 1 aliphatic heterocycles. The second kappa shape index (κ2) is 8.70. The van der Waals surface area contributed by atoms with Crippen molar-refractivity contribution in [3.05, 3.63) is 24.3 Å². The van der Waals surface area contributed by atoms with Gasteiger partial charge in [-0.05, 0) is 37.1 Å². The molecule has 0 unspecified atom stereocenters. The Hall–Kier alpha value is -1.30. The van der Waals surface area contributed by atoms with Crippen LogP contribution in [0.2, 0.25) is 0 Å². The SMILES string of the molecule is COc1ccc(N2CCN(C[C@@H](O)COC3CCCC3)CC2)cc1. The average molecular weight is 334 g/mol. The van der Waals surface area contributed by atoms with Crippen LogP contribution in [-0.4, -0.2) is 68.7 Å². The summed E-state index contributed by atoms with van der Waals surface area (Å²) in [4.78, 5) is 4.72. The number of rotatable bonds is 7. The van der Waals surface area contributed by atoms with Crippen LogP contribution in [0.5, 0.6) is 5.75 Å². The quantitative estimate of drug-likeness (QED) is 0.828. The van der Waals surface area contributed by atoms with Crippen LogP contribution in [0.4, 0.5) is 5.69 Å². The fourth-order valence-electron chi connectivity index (χ4n) is 3.63. The van der Waals surface area contributed by atoms with Crippen LogP contribution in [0, 0.1) is 0 Å². The second-order valence-corrected chi connectivity index (χ2v) is 6.88. The summed E-state index contributed by atoms with van der Waals surface area (Å²) in [7, 11) is 1.69. The maximum atomic E-state index is 10.2. The van der Waals surface area contributed by atoms with Crippen molar-refractivity contribution in [2.45, 2.75) is 37.9 Å². The van der Waals surface area contributed by atoms with Crippen LogP contribution in [0.15, 0.2) is 24.3 Å². The number of nitrogens with zero attached hydrogens (tertiary/aromatic N) is 2. The van der Waals surface area contributed by atoms with E-state index in [4.69, 9.17) is 9.47 Å². The molecule has 1 aliphatic carbocycles. The molecule has 1 saturated heterocycles. The minimum atomic E-state index is -0.377. The molecule has 2 aliphatic rings. The largest absolute Gasteiger partial charge is 0.497 e. The van der Waals surface area contributed by atoms with Gasteiger partial charge in [0.25, 0.3) is 0 Å². The Kier molecular flexibility index (Phi) is 6.35. The molecule has 2 fully saturated rings. The number of methoxy groups -OCH3 is 1. The van der Waals surface area contributed by atoms with Crippen molar-refractivity contribution in [3.8, 4) is 5.75 Å². The summed E-state index contributed by atoms with van der Waals surface area (Å²) >= 11 is 0. The number of hydrogen-bond donors (Lipinski definition) is 1. The highest BCUT2D eigenvalue weighted by molar-refractivity contribution is 5.49. The topological polar surface area (TPSA) is 45.2 Å². The molecular weight excluding hydrogens is 304 g/mol. The maximum Gasteiger partial charge on any atom is 0.119 e. The lowest BCUT2D eigenvalue weighted by Crippen LogP contribution is -2.49. The molecule has 5 nitrogen and oxygen atoms in total. The molecule has 1 aromatic carbocycles. The van der Waals surface area contributed by atoms with Crippen LogP contribution in [0.1, 0.15) is 25.7 Å². The lowest BCUT2D eigenvalue weighted by molar-refractivity contribution is -0.0188. The molecule has 134 valence electrons. The van der Waals surface area contributed by atoms with Gasteiger partial charge in [0.05, 0.1) is 25.9 Å². The van der Waals surface area contributed by atoms with Crippen molar-refractivity contribution in [1.82, 2.24) is 4.90 Å². The number of piperazine rings is 1. The van der Waals surface area contributed by atoms with Gasteiger partial charge < -0.3 is 19.5 Å². The van der Waals surface area contributed by atoms with E-state index in [2.05, 4.69) is 21.9 Å². The van der Waals surface area contributed by atoms with Gasteiger partial charge in [-0.3, -0.25) is 4.90 Å². The highest BCUT2D eigenvalue weighted by Crippen LogP contribution is 2.22. The molecule has 1 heterocycles. The zero-order chi connectivity index (χ0) is 16.8. The smallest absolute Gasteiger partial charge is 0.119 e. The maximum absolute atomic E-state index is 10.2. The lowest BCUT2D eigenvalue weighted by atomic mass is 10.2. The van der Waals surface area contributed by atoms with Gasteiger partial charge in [-0.1, -0.05) is 12.8 Å². The number of β-amino-alcohol motifs (C(OH)–C–C–N with tert-alkyl or cyclic N) is 1. The Bertz CT molecular complexity index is 480. The van der Waals surface area contributed by atoms with E-state index in [-0.39, 0.29) is 6.10 Å². The van der Waals surface area contributed by atoms with E-state index in [0.717, 1.165) is 44.8 Å². The van der Waals surface area contributed by atoms with Gasteiger partial charge in [0.2, 0.25) is 0 Å². The standard InChI is InChI=1S/C19H30N2O3/c1-23-18-8-6-16(7-9-18)21-12-10-20(11-13-21)14-17(22)15-24-19-4-2-3-5-19/h6-9,17,19,22H,2-5,10-15H2,1H3/t17-/m1/s1. The molecule has 1 aromatic rings. The summed E-state index contributed by atoms with van der Waals surface area (Å²) in [5.74, 6) is 0.891. The van der Waals surface area contributed by atoms with Crippen molar-refractivity contribution in [2.24, 2.45) is 0 Å². The number of anilines is 1. The van der Waals surface area contributed by atoms with Gasteiger partial charge in [-0.2, -0.15) is 0 Å². The molecule has 1 saturated carbocycles. The predicted molar refractivity (Wildman–Crippen MR) is 95.9 cm³/mol. The first-order valence-corrected chi connectivity index (χ1v) is 9.15. The normalized spacial score (nSPS) is 21.2. The van der Waals surface area contributed by atoms with E-state index in [9.17, 15) is 5.11 Å². The zero-order valence-electron chi connectivity index (χ0n) is 14.7. The lowest BCUT2D eigenvalue weighted by Gasteiger charge is -2.37. The number of benzene rings is 1. The molecule has 5 heteroatoms. The van der Waals surface area contributed by atoms with Crippen LogP contribution in [0.25, 0.3) is 0 Å². The van der Waals surface area contributed by atoms with Gasteiger partial charge in [0.15, 0.2) is 0 Å². The highest BCUT2D eigenvalue weighted by Gasteiger charge is 2.21. The third-order valence-corrected chi connectivity index (χ3v) is 5.11. The Balaban J connectivity index is 1.37. The predicted octanol–water partition coefficient (Wildman–Crippen LogP) is 2.14. The van der Waals surface area contributed by atoms with Crippen LogP contribution >= 0.6 is 0 Å². The van der Waals surface area contributed by atoms with Crippen molar-refractivity contribution in [3.63, 3.8) is 0 Å². The van der Waals surface area contributed by atoms with E-state index < -0.39 is 0 Å². The summed E-state index contributed by atoms with van der Waals surface area (Å²) in [6.45, 7) is 5.12. The molecule has 1 N–H and O–H groups in total. The van der Waals surface area contributed by atoms with E-state index in [1.807, 2.05) is 12.1 Å². The van der Waals surface area contributed by atoms with E-state index in [1.54, 1.807) is 7.11 Å². The number of hydrogen-bond acceptors (Lipinski definition) is 5. The first-order chi connectivity index (χ1) is 11.7. The van der Waals surface area contributed by atoms with Crippen LogP contribution in [-0.2, 0) is 4.74 Å². The molecule has 3 rings (SSSR count). The Morgan fingerprint density at radius 2 is 1.75 bits per heavy atom. The minimum absolute atomic E-state index is 0.377. The van der Waals surface area contributed by atoms with Gasteiger partial charge in [-0.15, -0.1) is 0 Å². The first-order valence-electron chi connectivity index (χ1n) is 9.15. The van der Waals surface area contributed by atoms with Crippen molar-refractivity contribution >= 4 is 5.69 Å². The Labute approximate surface area is 145 Å². The summed E-state index contributed by atoms with van der Waals surface area (Å²) < 4.78 is 11.0. The molecule has 0 bridgehead atoms. The Morgan fingerprint density at radius 3 is 2.38 bits per heavy atom. The zero-order valence-corrected chi connectivity index (χ0v) is 14.7. The highest BCUT2D eigenvalue weighted by atomic mass is 16.5. The summed E-state index contributed by atoms with van der Waals surface area (Å²) in [6.07, 6.45) is 4.87. The fraction of sp³-hybridized carbons (Fsp3) is 0.684. The third-order valence-electron chi connectivity index (χ3n) is 5.11. The molecule has 0 radical (unpaired) electrons. The second-order valence-electron chi connectivity index (χ2n) is 6.88. The van der Waals surface area contributed by atoms with Gasteiger partial charge in [0.1, 0.15) is 5.75 Å². The number of aliphatic hydroxyl groups is 1. The minimum Gasteiger partial charge on any atom is -0.497 e. The molecule has 0 aromatic heterocycles. The number of aliphatic hydroxyl groups excluding tert-OH is 1. The summed E-state index contributed by atoms with van der Waals surface area (Å²) in [5, 5.41) is 10.2. The molecule has 1 atom stereocenters. The summed E-state index contributed by atoms with van der Waals surface area (Å²) in [5.41, 5.74) is 1.24. The van der Waals surface area contributed by atoms with Crippen molar-refractivity contribution in [1.29, 1.82) is 0 Å². The number of ether oxygens (including phenoxy) is 2. The summed E-state index contributed by atoms with van der Waals surface area (Å²) in [6, 6.07) is 8.23. The van der Waals surface area contributed by atoms with E-state index >= 15 is 0 Å². The molecular formula is C19H30N2O3. The van der Waals surface area contributed by atoms with E-state index in [1.165, 1.54) is 18.5 Å².